The molecule has 4 amide bonds. The second-order valence-corrected chi connectivity index (χ2v) is 15.7. The third kappa shape index (κ3) is 9.95. The van der Waals surface area contributed by atoms with E-state index < -0.39 is 24.1 Å². The van der Waals surface area contributed by atoms with Gasteiger partial charge < -0.3 is 60.0 Å². The standard InChI is InChI=1S/C45H52N10O9/c1-26(46)45(61)64-15-9-13-47-41(57)35-18-29(24-52(35)2)50-43(59)37-19-30(25-54(37)4)51-42(58)36-17-28(23-53(36)3)49-40(56)12-8-14-63-39-21-33-32(20-38(39)62-5)44(60)55-31(22-48-33)16-27-10-6-7-11-34(27)55/h6-7,10-11,17-26,31,42,51,58H,8-9,12-16,46H2,1-5H3,(H,47,57)(H,49,56)(H,50,59)/t26-,31+,42?/m0/s1. The Morgan fingerprint density at radius 3 is 2.34 bits per heavy atom. The molecule has 7 N–H and O–H groups in total. The van der Waals surface area contributed by atoms with Crippen LogP contribution < -0.4 is 41.4 Å². The van der Waals surface area contributed by atoms with Crippen LogP contribution in [0.3, 0.4) is 0 Å². The molecule has 336 valence electrons. The molecule has 0 spiro atoms. The van der Waals surface area contributed by atoms with Crippen molar-refractivity contribution < 1.29 is 43.3 Å². The molecule has 19 nitrogen and oxygen atoms in total. The highest BCUT2D eigenvalue weighted by Crippen LogP contribution is 2.41. The molecular weight excluding hydrogens is 825 g/mol. The van der Waals surface area contributed by atoms with Crippen molar-refractivity contribution in [3.05, 3.63) is 101 Å². The molecule has 0 bridgehead atoms. The Morgan fingerprint density at radius 1 is 0.875 bits per heavy atom. The van der Waals surface area contributed by atoms with Gasteiger partial charge in [-0.3, -0.25) is 33.9 Å². The van der Waals surface area contributed by atoms with Crippen LogP contribution in [0.15, 0.2) is 78.2 Å². The van der Waals surface area contributed by atoms with E-state index in [1.807, 2.05) is 24.3 Å². The zero-order chi connectivity index (χ0) is 45.7. The fourth-order valence-corrected chi connectivity index (χ4v) is 7.57. The highest BCUT2D eigenvalue weighted by molar-refractivity contribution is 6.15. The highest BCUT2D eigenvalue weighted by Gasteiger charge is 2.36. The number of hydrogen-bond donors (Lipinski definition) is 6. The number of rotatable bonds is 18. The number of nitrogens with two attached hydrogens (primary N) is 1. The Labute approximate surface area is 369 Å². The molecule has 19 heteroatoms. The zero-order valence-corrected chi connectivity index (χ0v) is 36.2. The quantitative estimate of drug-likeness (QED) is 0.0415. The molecule has 5 aromatic rings. The van der Waals surface area contributed by atoms with Gasteiger partial charge in [0.25, 0.3) is 17.7 Å². The van der Waals surface area contributed by atoms with E-state index in [-0.39, 0.29) is 55.6 Å². The summed E-state index contributed by atoms with van der Waals surface area (Å²) in [6.07, 6.45) is 7.16. The maximum Gasteiger partial charge on any atom is 0.322 e. The molecule has 3 atom stereocenters. The number of anilines is 4. The number of aliphatic imine (C=N–C) groups is 1. The van der Waals surface area contributed by atoms with Crippen molar-refractivity contribution in [1.82, 2.24) is 19.0 Å². The maximum absolute atomic E-state index is 13.7. The summed E-state index contributed by atoms with van der Waals surface area (Å²) in [6.45, 7) is 2.12. The molecule has 5 heterocycles. The second-order valence-electron chi connectivity index (χ2n) is 15.7. The van der Waals surface area contributed by atoms with E-state index in [9.17, 15) is 29.1 Å². The molecule has 1 unspecified atom stereocenters. The lowest BCUT2D eigenvalue weighted by atomic mass is 10.1. The number of methoxy groups -OCH3 is 1. The molecular formula is C45H52N10O9. The fourth-order valence-electron chi connectivity index (χ4n) is 7.57. The minimum atomic E-state index is -1.20. The summed E-state index contributed by atoms with van der Waals surface area (Å²) < 4.78 is 21.5. The van der Waals surface area contributed by atoms with Crippen molar-refractivity contribution in [2.45, 2.75) is 50.9 Å². The summed E-state index contributed by atoms with van der Waals surface area (Å²) in [5.74, 6) is -0.937. The van der Waals surface area contributed by atoms with Crippen molar-refractivity contribution in [3.63, 3.8) is 0 Å². The Bertz CT molecular complexity index is 2610. The number of esters is 1. The number of benzene rings is 2. The van der Waals surface area contributed by atoms with Gasteiger partial charge in [0.1, 0.15) is 17.4 Å². The van der Waals surface area contributed by atoms with Gasteiger partial charge in [0.2, 0.25) is 5.91 Å². The highest BCUT2D eigenvalue weighted by atomic mass is 16.5. The van der Waals surface area contributed by atoms with Crippen LogP contribution in [0, 0.1) is 0 Å². The SMILES string of the molecule is COc1cc2c(cc1OCCCC(=O)Nc1cc(C(O)Nc3cc(C(=O)Nc4cc(C(=O)NCCCOC(=O)[C@H](C)N)n(C)c4)n(C)c3)n(C)c1)N=C[C@H]1Cc3ccccc3N1C2=O. The molecule has 0 fully saturated rings. The second kappa shape index (κ2) is 19.3. The number of fused-ring (bicyclic) bond motifs is 4. The molecule has 0 saturated carbocycles. The third-order valence-corrected chi connectivity index (χ3v) is 10.8. The normalized spacial score (nSPS) is 14.7. The largest absolute Gasteiger partial charge is 0.493 e. The lowest BCUT2D eigenvalue weighted by molar-refractivity contribution is -0.144. The Morgan fingerprint density at radius 2 is 1.58 bits per heavy atom. The van der Waals surface area contributed by atoms with Gasteiger partial charge in [-0.1, -0.05) is 18.2 Å². The van der Waals surface area contributed by atoms with Crippen LogP contribution in [0.4, 0.5) is 28.4 Å². The molecule has 2 aliphatic rings. The lowest BCUT2D eigenvalue weighted by Gasteiger charge is -2.22. The summed E-state index contributed by atoms with van der Waals surface area (Å²) in [6, 6.07) is 15.0. The number of nitrogens with one attached hydrogen (secondary N) is 4. The fraction of sp³-hybridized carbons (Fsp3) is 0.333. The third-order valence-electron chi connectivity index (χ3n) is 10.8. The van der Waals surface area contributed by atoms with Gasteiger partial charge in [-0.05, 0) is 55.7 Å². The molecule has 0 radical (unpaired) electrons. The minimum Gasteiger partial charge on any atom is -0.493 e. The summed E-state index contributed by atoms with van der Waals surface area (Å²) in [7, 11) is 6.60. The number of hydrogen-bond acceptors (Lipinski definition) is 12. The molecule has 7 rings (SSSR count). The Balaban J connectivity index is 0.873. The average Bonchev–Trinajstić information content (AvgIpc) is 4.02. The number of aliphatic hydroxyl groups is 1. The van der Waals surface area contributed by atoms with Crippen LogP contribution >= 0.6 is 0 Å². The van der Waals surface area contributed by atoms with Crippen molar-refractivity contribution in [1.29, 1.82) is 0 Å². The maximum atomic E-state index is 13.7. The van der Waals surface area contributed by atoms with E-state index in [0.29, 0.717) is 70.5 Å². The number of ether oxygens (including phenoxy) is 3. The van der Waals surface area contributed by atoms with Crippen molar-refractivity contribution >= 4 is 64.2 Å². The molecule has 2 aliphatic heterocycles. The van der Waals surface area contributed by atoms with Gasteiger partial charge in [-0.15, -0.1) is 0 Å². The minimum absolute atomic E-state index is 0.122. The number of aromatic nitrogens is 3. The first-order chi connectivity index (χ1) is 30.7. The number of para-hydroxylation sites is 1. The number of nitrogens with zero attached hydrogens (tertiary/aromatic N) is 5. The van der Waals surface area contributed by atoms with E-state index in [2.05, 4.69) is 26.3 Å². The van der Waals surface area contributed by atoms with E-state index in [0.717, 1.165) is 11.3 Å². The summed E-state index contributed by atoms with van der Waals surface area (Å²) in [4.78, 5) is 70.6. The number of aliphatic hydroxyl groups excluding tert-OH is 1. The monoisotopic (exact) mass is 876 g/mol. The number of carbonyl (C=O) groups excluding carboxylic acids is 5. The predicted octanol–water partition coefficient (Wildman–Crippen LogP) is 4.16. The van der Waals surface area contributed by atoms with Crippen LogP contribution in [0.25, 0.3) is 0 Å². The van der Waals surface area contributed by atoms with E-state index in [1.54, 1.807) is 94.9 Å². The first-order valence-corrected chi connectivity index (χ1v) is 20.8. The van der Waals surface area contributed by atoms with Gasteiger partial charge in [0.05, 0.1) is 60.4 Å². The van der Waals surface area contributed by atoms with E-state index in [1.165, 1.54) is 14.0 Å². The van der Waals surface area contributed by atoms with Gasteiger partial charge in [-0.25, -0.2) is 0 Å². The van der Waals surface area contributed by atoms with Gasteiger partial charge in [-0.2, -0.15) is 0 Å². The van der Waals surface area contributed by atoms with Gasteiger partial charge in [0, 0.05) is 77.1 Å². The lowest BCUT2D eigenvalue weighted by Crippen LogP contribution is -2.37. The number of carbonyl (C=O) groups is 5. The summed E-state index contributed by atoms with van der Waals surface area (Å²) in [5, 5.41) is 22.6. The van der Waals surface area contributed by atoms with Crippen LogP contribution in [0.5, 0.6) is 11.5 Å². The van der Waals surface area contributed by atoms with Crippen LogP contribution in [0.1, 0.15) is 75.0 Å². The molecule has 3 aromatic heterocycles. The molecule has 64 heavy (non-hydrogen) atoms. The van der Waals surface area contributed by atoms with Gasteiger partial charge >= 0.3 is 5.97 Å². The number of aryl methyl sites for hydroxylation is 3. The first-order valence-electron chi connectivity index (χ1n) is 20.8. The van der Waals surface area contributed by atoms with Crippen molar-refractivity contribution in [2.24, 2.45) is 31.9 Å². The summed E-state index contributed by atoms with van der Waals surface area (Å²) >= 11 is 0. The Hall–Kier alpha value is -7.38. The topological polar surface area (TPSA) is 238 Å². The predicted molar refractivity (Wildman–Crippen MR) is 240 cm³/mol. The van der Waals surface area contributed by atoms with Crippen LogP contribution in [0.2, 0.25) is 0 Å². The number of amides is 4. The van der Waals surface area contributed by atoms with Gasteiger partial charge in [0.15, 0.2) is 17.7 Å². The van der Waals surface area contributed by atoms with Crippen molar-refractivity contribution in [3.8, 4) is 11.5 Å². The average molecular weight is 877 g/mol. The van der Waals surface area contributed by atoms with Crippen LogP contribution in [-0.2, 0) is 41.9 Å². The zero-order valence-electron chi connectivity index (χ0n) is 36.2. The Kier molecular flexibility index (Phi) is 13.5. The first kappa shape index (κ1) is 44.7. The molecule has 0 aliphatic carbocycles. The van der Waals surface area contributed by atoms with Crippen molar-refractivity contribution in [2.75, 3.05) is 47.7 Å². The molecule has 2 aromatic carbocycles. The smallest absolute Gasteiger partial charge is 0.322 e. The van der Waals surface area contributed by atoms with Crippen LogP contribution in [-0.4, -0.2) is 93.6 Å². The van der Waals surface area contributed by atoms with E-state index in [4.69, 9.17) is 19.9 Å². The summed E-state index contributed by atoms with van der Waals surface area (Å²) in [5.41, 5.74) is 10.7. The van der Waals surface area contributed by atoms with E-state index >= 15 is 0 Å². The molecule has 0 saturated heterocycles.